The van der Waals surface area contributed by atoms with Gasteiger partial charge in [-0.15, -0.1) is 0 Å². The zero-order chi connectivity index (χ0) is 10.5. The first-order valence-electron chi connectivity index (χ1n) is 5.67. The van der Waals surface area contributed by atoms with Gasteiger partial charge in [0.2, 0.25) is 0 Å². The Balaban J connectivity index is 1.90. The predicted octanol–water partition coefficient (Wildman–Crippen LogP) is 2.59. The Bertz CT molecular complexity index is 344. The summed E-state index contributed by atoms with van der Waals surface area (Å²) in [6.45, 7) is 2.99. The zero-order valence-electron chi connectivity index (χ0n) is 9.24. The first-order chi connectivity index (χ1) is 7.36. The molecular weight excluding hydrogens is 184 g/mol. The van der Waals surface area contributed by atoms with Crippen LogP contribution in [0.4, 0.5) is 0 Å². The van der Waals surface area contributed by atoms with Crippen LogP contribution in [0.1, 0.15) is 30.5 Å². The Morgan fingerprint density at radius 1 is 1.53 bits per heavy atom. The number of nitrogens with zero attached hydrogens (tertiary/aromatic N) is 1. The molecular formula is C13H18N2. The molecule has 15 heavy (non-hydrogen) atoms. The van der Waals surface area contributed by atoms with E-state index in [1.54, 1.807) is 0 Å². The minimum Gasteiger partial charge on any atom is -0.306 e. The standard InChI is InChI=1S/C13H18N2/c1-11-12(6-5-9-14-11)10-15-13-7-3-2-4-8-13/h3,5-7,9,13,15H,2,4,8,10H2,1H3. The molecule has 1 N–H and O–H groups in total. The molecule has 0 aliphatic heterocycles. The van der Waals surface area contributed by atoms with Crippen molar-refractivity contribution in [3.8, 4) is 0 Å². The van der Waals surface area contributed by atoms with E-state index in [1.165, 1.54) is 24.8 Å². The van der Waals surface area contributed by atoms with Crippen molar-refractivity contribution in [2.24, 2.45) is 0 Å². The van der Waals surface area contributed by atoms with Gasteiger partial charge in [-0.25, -0.2) is 0 Å². The number of hydrogen-bond acceptors (Lipinski definition) is 2. The van der Waals surface area contributed by atoms with Crippen LogP contribution in [0.15, 0.2) is 30.5 Å². The highest BCUT2D eigenvalue weighted by atomic mass is 14.9. The van der Waals surface area contributed by atoms with Gasteiger partial charge < -0.3 is 5.32 Å². The largest absolute Gasteiger partial charge is 0.306 e. The lowest BCUT2D eigenvalue weighted by Crippen LogP contribution is -2.28. The van der Waals surface area contributed by atoms with E-state index >= 15 is 0 Å². The lowest BCUT2D eigenvalue weighted by Gasteiger charge is -2.18. The molecule has 1 aliphatic carbocycles. The molecule has 0 spiro atoms. The Morgan fingerprint density at radius 2 is 2.47 bits per heavy atom. The minimum absolute atomic E-state index is 0.554. The molecule has 1 aromatic heterocycles. The van der Waals surface area contributed by atoms with Gasteiger partial charge in [0, 0.05) is 24.5 Å². The monoisotopic (exact) mass is 202 g/mol. The van der Waals surface area contributed by atoms with Crippen LogP contribution in [0.3, 0.4) is 0 Å². The van der Waals surface area contributed by atoms with Crippen molar-refractivity contribution in [3.63, 3.8) is 0 Å². The highest BCUT2D eigenvalue weighted by molar-refractivity contribution is 5.18. The first-order valence-corrected chi connectivity index (χ1v) is 5.67. The van der Waals surface area contributed by atoms with E-state index in [1.807, 2.05) is 12.3 Å². The van der Waals surface area contributed by atoms with Crippen LogP contribution in [0.2, 0.25) is 0 Å². The van der Waals surface area contributed by atoms with E-state index in [9.17, 15) is 0 Å². The highest BCUT2D eigenvalue weighted by Crippen LogP contribution is 2.11. The van der Waals surface area contributed by atoms with Gasteiger partial charge in [0.1, 0.15) is 0 Å². The van der Waals surface area contributed by atoms with Gasteiger partial charge in [-0.05, 0) is 37.8 Å². The summed E-state index contributed by atoms with van der Waals surface area (Å²) in [6.07, 6.45) is 10.2. The maximum absolute atomic E-state index is 4.28. The first kappa shape index (κ1) is 10.4. The molecule has 2 heteroatoms. The number of allylic oxidation sites excluding steroid dienone is 1. The number of rotatable bonds is 3. The van der Waals surface area contributed by atoms with Crippen LogP contribution in [0.25, 0.3) is 0 Å². The molecule has 1 atom stereocenters. The van der Waals surface area contributed by atoms with Gasteiger partial charge >= 0.3 is 0 Å². The SMILES string of the molecule is Cc1ncccc1CNC1C=CCCC1. The molecule has 0 bridgehead atoms. The summed E-state index contributed by atoms with van der Waals surface area (Å²) < 4.78 is 0. The molecule has 0 aromatic carbocycles. The summed E-state index contributed by atoms with van der Waals surface area (Å²) in [7, 11) is 0. The van der Waals surface area contributed by atoms with Crippen LogP contribution in [0.5, 0.6) is 0 Å². The predicted molar refractivity (Wildman–Crippen MR) is 62.6 cm³/mol. The van der Waals surface area contributed by atoms with E-state index in [2.05, 4.69) is 35.4 Å². The normalized spacial score (nSPS) is 20.5. The maximum Gasteiger partial charge on any atom is 0.0417 e. The average Bonchev–Trinajstić information content (AvgIpc) is 2.29. The van der Waals surface area contributed by atoms with E-state index in [0.717, 1.165) is 12.2 Å². The second-order valence-corrected chi connectivity index (χ2v) is 4.09. The summed E-state index contributed by atoms with van der Waals surface area (Å²) in [6, 6.07) is 4.70. The molecule has 2 rings (SSSR count). The number of hydrogen-bond donors (Lipinski definition) is 1. The van der Waals surface area contributed by atoms with Crippen molar-refractivity contribution in [2.75, 3.05) is 0 Å². The van der Waals surface area contributed by atoms with Crippen LogP contribution >= 0.6 is 0 Å². The topological polar surface area (TPSA) is 24.9 Å². The summed E-state index contributed by atoms with van der Waals surface area (Å²) in [5, 5.41) is 3.55. The number of aryl methyl sites for hydroxylation is 1. The van der Waals surface area contributed by atoms with Crippen LogP contribution in [0, 0.1) is 6.92 Å². The molecule has 0 fully saturated rings. The van der Waals surface area contributed by atoms with Crippen molar-refractivity contribution in [2.45, 2.75) is 38.8 Å². The second-order valence-electron chi connectivity index (χ2n) is 4.09. The summed E-state index contributed by atoms with van der Waals surface area (Å²) >= 11 is 0. The zero-order valence-corrected chi connectivity index (χ0v) is 9.24. The van der Waals surface area contributed by atoms with E-state index in [-0.39, 0.29) is 0 Å². The smallest absolute Gasteiger partial charge is 0.0417 e. The van der Waals surface area contributed by atoms with Gasteiger partial charge in [0.25, 0.3) is 0 Å². The fraction of sp³-hybridized carbons (Fsp3) is 0.462. The molecule has 0 amide bonds. The molecule has 80 valence electrons. The molecule has 1 unspecified atom stereocenters. The van der Waals surface area contributed by atoms with Crippen LogP contribution < -0.4 is 5.32 Å². The van der Waals surface area contributed by atoms with Crippen LogP contribution in [-0.4, -0.2) is 11.0 Å². The summed E-state index contributed by atoms with van der Waals surface area (Å²) in [5.74, 6) is 0. The fourth-order valence-corrected chi connectivity index (χ4v) is 1.93. The third-order valence-electron chi connectivity index (χ3n) is 2.93. The Hall–Kier alpha value is -1.15. The highest BCUT2D eigenvalue weighted by Gasteiger charge is 2.07. The summed E-state index contributed by atoms with van der Waals surface area (Å²) in [5.41, 5.74) is 2.43. The number of aromatic nitrogens is 1. The van der Waals surface area contributed by atoms with Crippen molar-refractivity contribution in [3.05, 3.63) is 41.7 Å². The van der Waals surface area contributed by atoms with Gasteiger partial charge in [0.15, 0.2) is 0 Å². The third kappa shape index (κ3) is 2.90. The molecule has 0 saturated heterocycles. The molecule has 1 aliphatic rings. The van der Waals surface area contributed by atoms with Gasteiger partial charge in [-0.3, -0.25) is 4.98 Å². The Morgan fingerprint density at radius 3 is 3.20 bits per heavy atom. The number of pyridine rings is 1. The van der Waals surface area contributed by atoms with Crippen molar-refractivity contribution >= 4 is 0 Å². The Labute approximate surface area is 91.4 Å². The molecule has 1 heterocycles. The van der Waals surface area contributed by atoms with E-state index in [0.29, 0.717) is 6.04 Å². The molecule has 0 radical (unpaired) electrons. The van der Waals surface area contributed by atoms with Gasteiger partial charge in [-0.2, -0.15) is 0 Å². The fourth-order valence-electron chi connectivity index (χ4n) is 1.93. The van der Waals surface area contributed by atoms with Crippen molar-refractivity contribution in [1.82, 2.24) is 10.3 Å². The van der Waals surface area contributed by atoms with Crippen LogP contribution in [-0.2, 0) is 6.54 Å². The maximum atomic E-state index is 4.28. The van der Waals surface area contributed by atoms with Crippen molar-refractivity contribution < 1.29 is 0 Å². The number of nitrogens with one attached hydrogen (secondary N) is 1. The second kappa shape index (κ2) is 5.08. The molecule has 1 aromatic rings. The van der Waals surface area contributed by atoms with E-state index in [4.69, 9.17) is 0 Å². The molecule has 0 saturated carbocycles. The Kier molecular flexibility index (Phi) is 3.51. The lowest BCUT2D eigenvalue weighted by molar-refractivity contribution is 0.521. The third-order valence-corrected chi connectivity index (χ3v) is 2.93. The lowest BCUT2D eigenvalue weighted by atomic mass is 10.0. The summed E-state index contributed by atoms with van der Waals surface area (Å²) in [4.78, 5) is 4.28. The minimum atomic E-state index is 0.554. The molecule has 2 nitrogen and oxygen atoms in total. The average molecular weight is 202 g/mol. The quantitative estimate of drug-likeness (QED) is 0.762. The van der Waals surface area contributed by atoms with Gasteiger partial charge in [0.05, 0.1) is 0 Å². The van der Waals surface area contributed by atoms with Crippen molar-refractivity contribution in [1.29, 1.82) is 0 Å². The van der Waals surface area contributed by atoms with Gasteiger partial charge in [-0.1, -0.05) is 18.2 Å². The van der Waals surface area contributed by atoms with E-state index < -0.39 is 0 Å².